The highest BCUT2D eigenvalue weighted by Crippen LogP contribution is 2.29. The predicted molar refractivity (Wildman–Crippen MR) is 68.5 cm³/mol. The SMILES string of the molecule is O=C(O)/C(=C/CC1CCCC1)c1ccc(F)c(F)c1. The summed E-state index contributed by atoms with van der Waals surface area (Å²) in [6.07, 6.45) is 6.91. The van der Waals surface area contributed by atoms with E-state index in [4.69, 9.17) is 0 Å². The molecule has 1 saturated carbocycles. The lowest BCUT2D eigenvalue weighted by Gasteiger charge is -2.07. The molecule has 0 amide bonds. The number of allylic oxidation sites excluding steroid dienone is 1. The summed E-state index contributed by atoms with van der Waals surface area (Å²) in [7, 11) is 0. The van der Waals surface area contributed by atoms with Gasteiger partial charge in [-0.1, -0.05) is 37.8 Å². The van der Waals surface area contributed by atoms with Gasteiger partial charge >= 0.3 is 5.97 Å². The fourth-order valence-electron chi connectivity index (χ4n) is 2.52. The molecule has 19 heavy (non-hydrogen) atoms. The van der Waals surface area contributed by atoms with Crippen molar-refractivity contribution in [3.63, 3.8) is 0 Å². The van der Waals surface area contributed by atoms with Crippen molar-refractivity contribution in [2.75, 3.05) is 0 Å². The molecule has 0 bridgehead atoms. The minimum Gasteiger partial charge on any atom is -0.478 e. The number of carboxylic acids is 1. The third-order valence-electron chi connectivity index (χ3n) is 3.59. The van der Waals surface area contributed by atoms with Crippen molar-refractivity contribution in [1.29, 1.82) is 0 Å². The van der Waals surface area contributed by atoms with Crippen LogP contribution in [0.5, 0.6) is 0 Å². The number of hydrogen-bond acceptors (Lipinski definition) is 1. The second kappa shape index (κ2) is 5.95. The summed E-state index contributed by atoms with van der Waals surface area (Å²) in [5, 5.41) is 9.18. The molecule has 1 aliphatic carbocycles. The molecule has 4 heteroatoms. The zero-order chi connectivity index (χ0) is 13.8. The molecule has 0 unspecified atom stereocenters. The Hall–Kier alpha value is -1.71. The van der Waals surface area contributed by atoms with Crippen LogP contribution in [0.1, 0.15) is 37.7 Å². The van der Waals surface area contributed by atoms with E-state index < -0.39 is 17.6 Å². The van der Waals surface area contributed by atoms with Crippen molar-refractivity contribution in [1.82, 2.24) is 0 Å². The summed E-state index contributed by atoms with van der Waals surface area (Å²) in [5.74, 6) is -2.58. The Labute approximate surface area is 110 Å². The van der Waals surface area contributed by atoms with Crippen molar-refractivity contribution in [2.45, 2.75) is 32.1 Å². The fourth-order valence-corrected chi connectivity index (χ4v) is 2.52. The first-order valence-corrected chi connectivity index (χ1v) is 6.47. The van der Waals surface area contributed by atoms with Gasteiger partial charge in [0.2, 0.25) is 0 Å². The van der Waals surface area contributed by atoms with Gasteiger partial charge in [-0.15, -0.1) is 0 Å². The maximum atomic E-state index is 13.1. The smallest absolute Gasteiger partial charge is 0.335 e. The Morgan fingerprint density at radius 3 is 2.53 bits per heavy atom. The van der Waals surface area contributed by atoms with E-state index in [0.717, 1.165) is 25.0 Å². The van der Waals surface area contributed by atoms with Crippen LogP contribution in [-0.4, -0.2) is 11.1 Å². The highest BCUT2D eigenvalue weighted by Gasteiger charge is 2.17. The lowest BCUT2D eigenvalue weighted by atomic mass is 9.98. The minimum atomic E-state index is -1.11. The molecule has 0 saturated heterocycles. The molecule has 2 nitrogen and oxygen atoms in total. The average molecular weight is 266 g/mol. The molecule has 0 heterocycles. The first kappa shape index (κ1) is 13.7. The van der Waals surface area contributed by atoms with Gasteiger partial charge in [-0.25, -0.2) is 13.6 Å². The monoisotopic (exact) mass is 266 g/mol. The van der Waals surface area contributed by atoms with Crippen LogP contribution in [0.4, 0.5) is 8.78 Å². The Bertz CT molecular complexity index is 503. The van der Waals surface area contributed by atoms with Gasteiger partial charge in [0.15, 0.2) is 11.6 Å². The van der Waals surface area contributed by atoms with E-state index in [1.165, 1.54) is 18.9 Å². The van der Waals surface area contributed by atoms with Crippen LogP contribution in [-0.2, 0) is 4.79 Å². The van der Waals surface area contributed by atoms with Crippen LogP contribution < -0.4 is 0 Å². The van der Waals surface area contributed by atoms with E-state index in [9.17, 15) is 18.7 Å². The van der Waals surface area contributed by atoms with Gasteiger partial charge in [-0.2, -0.15) is 0 Å². The number of aliphatic carboxylic acids is 1. The molecule has 1 fully saturated rings. The predicted octanol–water partition coefficient (Wildman–Crippen LogP) is 4.01. The molecule has 1 N–H and O–H groups in total. The van der Waals surface area contributed by atoms with E-state index in [-0.39, 0.29) is 11.1 Å². The number of carbonyl (C=O) groups is 1. The fraction of sp³-hybridized carbons (Fsp3) is 0.400. The van der Waals surface area contributed by atoms with Crippen molar-refractivity contribution < 1.29 is 18.7 Å². The molecular weight excluding hydrogens is 250 g/mol. The van der Waals surface area contributed by atoms with Gasteiger partial charge in [0, 0.05) is 0 Å². The van der Waals surface area contributed by atoms with Crippen LogP contribution in [0.3, 0.4) is 0 Å². The van der Waals surface area contributed by atoms with E-state index in [1.54, 1.807) is 6.08 Å². The third kappa shape index (κ3) is 3.40. The molecule has 1 aliphatic rings. The van der Waals surface area contributed by atoms with Crippen LogP contribution in [0, 0.1) is 17.6 Å². The van der Waals surface area contributed by atoms with E-state index in [2.05, 4.69) is 0 Å². The molecule has 0 aromatic heterocycles. The van der Waals surface area contributed by atoms with Gasteiger partial charge in [0.25, 0.3) is 0 Å². The largest absolute Gasteiger partial charge is 0.478 e. The normalized spacial score (nSPS) is 16.8. The number of hydrogen-bond donors (Lipinski definition) is 1. The lowest BCUT2D eigenvalue weighted by Crippen LogP contribution is -2.02. The van der Waals surface area contributed by atoms with E-state index in [0.29, 0.717) is 12.3 Å². The Kier molecular flexibility index (Phi) is 4.30. The standard InChI is InChI=1S/C15H16F2O2/c16-13-8-6-11(9-14(13)17)12(15(18)19)7-5-10-3-1-2-4-10/h6-10H,1-5H2,(H,18,19)/b12-7+. The van der Waals surface area contributed by atoms with Gasteiger partial charge in [0.1, 0.15) is 0 Å². The molecule has 102 valence electrons. The minimum absolute atomic E-state index is 0.0470. The van der Waals surface area contributed by atoms with E-state index >= 15 is 0 Å². The van der Waals surface area contributed by atoms with E-state index in [1.807, 2.05) is 0 Å². The number of carboxylic acid groups (broad SMARTS) is 1. The maximum absolute atomic E-state index is 13.1. The van der Waals surface area contributed by atoms with Gasteiger partial charge < -0.3 is 5.11 Å². The van der Waals surface area contributed by atoms with Gasteiger partial charge in [-0.05, 0) is 30.0 Å². The zero-order valence-electron chi connectivity index (χ0n) is 10.5. The van der Waals surface area contributed by atoms with Crippen LogP contribution in [0.2, 0.25) is 0 Å². The number of benzene rings is 1. The maximum Gasteiger partial charge on any atom is 0.335 e. The van der Waals surface area contributed by atoms with Gasteiger partial charge in [-0.3, -0.25) is 0 Å². The second-order valence-corrected chi connectivity index (χ2v) is 4.94. The summed E-state index contributed by atoms with van der Waals surface area (Å²) in [6, 6.07) is 3.19. The molecule has 2 rings (SSSR count). The number of rotatable bonds is 4. The molecule has 0 aliphatic heterocycles. The second-order valence-electron chi connectivity index (χ2n) is 4.94. The van der Waals surface area contributed by atoms with Gasteiger partial charge in [0.05, 0.1) is 5.57 Å². The summed E-state index contributed by atoms with van der Waals surface area (Å²) in [4.78, 5) is 11.2. The van der Waals surface area contributed by atoms with Crippen molar-refractivity contribution in [3.8, 4) is 0 Å². The molecule has 0 radical (unpaired) electrons. The first-order chi connectivity index (χ1) is 9.08. The Balaban J connectivity index is 2.20. The van der Waals surface area contributed by atoms with Crippen LogP contribution in [0.15, 0.2) is 24.3 Å². The van der Waals surface area contributed by atoms with Crippen molar-refractivity contribution in [3.05, 3.63) is 41.5 Å². The summed E-state index contributed by atoms with van der Waals surface area (Å²) >= 11 is 0. The summed E-state index contributed by atoms with van der Waals surface area (Å²) in [6.45, 7) is 0. The summed E-state index contributed by atoms with van der Waals surface area (Å²) in [5.41, 5.74) is 0.259. The first-order valence-electron chi connectivity index (χ1n) is 6.47. The molecular formula is C15H16F2O2. The van der Waals surface area contributed by atoms with Crippen molar-refractivity contribution >= 4 is 11.5 Å². The number of halogens is 2. The lowest BCUT2D eigenvalue weighted by molar-refractivity contribution is -0.130. The summed E-state index contributed by atoms with van der Waals surface area (Å²) < 4.78 is 26.0. The van der Waals surface area contributed by atoms with Crippen LogP contribution in [0.25, 0.3) is 5.57 Å². The molecule has 1 aromatic carbocycles. The van der Waals surface area contributed by atoms with Crippen LogP contribution >= 0.6 is 0 Å². The zero-order valence-corrected chi connectivity index (χ0v) is 10.5. The quantitative estimate of drug-likeness (QED) is 0.836. The molecule has 1 aromatic rings. The van der Waals surface area contributed by atoms with Crippen molar-refractivity contribution in [2.24, 2.45) is 5.92 Å². The Morgan fingerprint density at radius 2 is 1.95 bits per heavy atom. The highest BCUT2D eigenvalue weighted by molar-refractivity contribution is 6.15. The average Bonchev–Trinajstić information content (AvgIpc) is 2.86. The topological polar surface area (TPSA) is 37.3 Å². The Morgan fingerprint density at radius 1 is 1.26 bits per heavy atom. The molecule has 0 spiro atoms. The third-order valence-corrected chi connectivity index (χ3v) is 3.59. The molecule has 0 atom stereocenters. The highest BCUT2D eigenvalue weighted by atomic mass is 19.2.